The van der Waals surface area contributed by atoms with E-state index in [9.17, 15) is 18.3 Å². The van der Waals surface area contributed by atoms with E-state index in [1.165, 1.54) is 19.2 Å². The molecular formula is C31H37N3O8S. The van der Waals surface area contributed by atoms with Crippen molar-refractivity contribution in [3.63, 3.8) is 0 Å². The lowest BCUT2D eigenvalue weighted by atomic mass is 9.99. The molecule has 230 valence electrons. The van der Waals surface area contributed by atoms with Crippen LogP contribution in [-0.2, 0) is 16.6 Å². The minimum Gasteiger partial charge on any atom is -0.497 e. The van der Waals surface area contributed by atoms with E-state index in [0.717, 1.165) is 5.56 Å². The van der Waals surface area contributed by atoms with Crippen LogP contribution in [0.15, 0.2) is 65.6 Å². The number of hydrogen-bond acceptors (Lipinski definition) is 9. The van der Waals surface area contributed by atoms with Gasteiger partial charge in [-0.05, 0) is 68.1 Å². The number of aliphatic hydroxyl groups excluding tert-OH is 1. The van der Waals surface area contributed by atoms with Crippen LogP contribution in [0.4, 0.5) is 5.69 Å². The number of likely N-dealkylation sites (N-methyl/N-ethyl adjacent to an activating group) is 1. The maximum atomic E-state index is 13.8. The van der Waals surface area contributed by atoms with E-state index in [4.69, 9.17) is 18.9 Å². The van der Waals surface area contributed by atoms with E-state index in [0.29, 0.717) is 36.9 Å². The molecule has 2 aliphatic heterocycles. The second-order valence-corrected chi connectivity index (χ2v) is 12.7. The second kappa shape index (κ2) is 12.7. The van der Waals surface area contributed by atoms with Gasteiger partial charge in [0.25, 0.3) is 15.9 Å². The van der Waals surface area contributed by atoms with Gasteiger partial charge in [0.2, 0.25) is 6.79 Å². The summed E-state index contributed by atoms with van der Waals surface area (Å²) >= 11 is 0. The minimum atomic E-state index is -4.03. The Labute approximate surface area is 252 Å². The van der Waals surface area contributed by atoms with Crippen molar-refractivity contribution in [3.05, 3.63) is 71.8 Å². The molecule has 2 aliphatic rings. The zero-order valence-corrected chi connectivity index (χ0v) is 25.5. The summed E-state index contributed by atoms with van der Waals surface area (Å²) in [4.78, 5) is 17.5. The molecule has 5 rings (SSSR count). The maximum Gasteiger partial charge on any atom is 0.262 e. The second-order valence-electron chi connectivity index (χ2n) is 11.0. The molecule has 0 fully saturated rings. The van der Waals surface area contributed by atoms with Crippen LogP contribution in [0.5, 0.6) is 23.0 Å². The fourth-order valence-electron chi connectivity index (χ4n) is 5.22. The molecule has 0 spiro atoms. The van der Waals surface area contributed by atoms with Crippen molar-refractivity contribution in [3.8, 4) is 23.0 Å². The van der Waals surface area contributed by atoms with Gasteiger partial charge in [-0.2, -0.15) is 0 Å². The van der Waals surface area contributed by atoms with Gasteiger partial charge in [0.05, 0.1) is 35.9 Å². The Morgan fingerprint density at radius 2 is 1.86 bits per heavy atom. The van der Waals surface area contributed by atoms with Gasteiger partial charge in [-0.25, -0.2) is 8.42 Å². The van der Waals surface area contributed by atoms with Gasteiger partial charge in [-0.3, -0.25) is 14.4 Å². The summed E-state index contributed by atoms with van der Waals surface area (Å²) in [6.45, 7) is 5.18. The number of nitrogens with zero attached hydrogens (tertiary/aromatic N) is 2. The number of rotatable bonds is 10. The predicted octanol–water partition coefficient (Wildman–Crippen LogP) is 3.58. The molecule has 0 saturated heterocycles. The number of anilines is 1. The maximum absolute atomic E-state index is 13.8. The van der Waals surface area contributed by atoms with Crippen molar-refractivity contribution < 1.29 is 37.3 Å². The van der Waals surface area contributed by atoms with Crippen molar-refractivity contribution in [1.82, 2.24) is 9.80 Å². The van der Waals surface area contributed by atoms with Gasteiger partial charge >= 0.3 is 0 Å². The highest BCUT2D eigenvalue weighted by Crippen LogP contribution is 2.37. The predicted molar refractivity (Wildman–Crippen MR) is 160 cm³/mol. The minimum absolute atomic E-state index is 0.0342. The van der Waals surface area contributed by atoms with Crippen LogP contribution in [-0.4, -0.2) is 82.0 Å². The highest BCUT2D eigenvalue weighted by molar-refractivity contribution is 7.92. The van der Waals surface area contributed by atoms with Crippen LogP contribution < -0.4 is 23.7 Å². The molecule has 11 nitrogen and oxygen atoms in total. The number of nitrogens with one attached hydrogen (secondary N) is 1. The SMILES string of the molecule is COc1ccc(S(=O)(=O)Nc2cccc3c2O[C@H](CN(C)Cc2ccc4c(c2)OCO4)[C@@H](C)CN([C@@H](C)CO)C3=O)cc1. The molecular weight excluding hydrogens is 574 g/mol. The van der Waals surface area contributed by atoms with Crippen molar-refractivity contribution >= 4 is 21.6 Å². The lowest BCUT2D eigenvalue weighted by Gasteiger charge is -2.38. The molecule has 3 aromatic carbocycles. The number of ether oxygens (including phenoxy) is 4. The molecule has 0 aromatic heterocycles. The first-order valence-electron chi connectivity index (χ1n) is 14.0. The topological polar surface area (TPSA) is 127 Å². The summed E-state index contributed by atoms with van der Waals surface area (Å²) in [5.74, 6) is 1.59. The number of methoxy groups -OCH3 is 1. The molecule has 1 amide bonds. The number of carbonyl (C=O) groups excluding carboxylic acids is 1. The molecule has 2 N–H and O–H groups in total. The third kappa shape index (κ3) is 6.66. The van der Waals surface area contributed by atoms with E-state index in [1.54, 1.807) is 42.2 Å². The summed E-state index contributed by atoms with van der Waals surface area (Å²) in [7, 11) is -0.555. The van der Waals surface area contributed by atoms with Gasteiger partial charge in [0, 0.05) is 25.6 Å². The summed E-state index contributed by atoms with van der Waals surface area (Å²) in [5, 5.41) is 9.96. The third-order valence-corrected chi connectivity index (χ3v) is 9.07. The van der Waals surface area contributed by atoms with E-state index in [-0.39, 0.29) is 47.1 Å². The molecule has 43 heavy (non-hydrogen) atoms. The summed E-state index contributed by atoms with van der Waals surface area (Å²) in [6, 6.07) is 16.2. The van der Waals surface area contributed by atoms with Crippen molar-refractivity contribution in [2.45, 2.75) is 37.4 Å². The molecule has 0 unspecified atom stereocenters. The van der Waals surface area contributed by atoms with Crippen LogP contribution in [0.25, 0.3) is 0 Å². The molecule has 0 radical (unpaired) electrons. The summed E-state index contributed by atoms with van der Waals surface area (Å²) < 4.78 is 52.1. The highest BCUT2D eigenvalue weighted by Gasteiger charge is 2.35. The number of hydrogen-bond donors (Lipinski definition) is 2. The van der Waals surface area contributed by atoms with Crippen LogP contribution in [0.1, 0.15) is 29.8 Å². The van der Waals surface area contributed by atoms with Crippen LogP contribution in [0.2, 0.25) is 0 Å². The number of fused-ring (bicyclic) bond motifs is 2. The first kappa shape index (κ1) is 30.5. The van der Waals surface area contributed by atoms with Crippen LogP contribution >= 0.6 is 0 Å². The molecule has 0 aliphatic carbocycles. The quantitative estimate of drug-likeness (QED) is 0.354. The average Bonchev–Trinajstić information content (AvgIpc) is 3.47. The number of sulfonamides is 1. The Morgan fingerprint density at radius 3 is 2.58 bits per heavy atom. The van der Waals surface area contributed by atoms with Crippen molar-refractivity contribution in [1.29, 1.82) is 0 Å². The van der Waals surface area contributed by atoms with Crippen molar-refractivity contribution in [2.24, 2.45) is 5.92 Å². The molecule has 3 aromatic rings. The largest absolute Gasteiger partial charge is 0.497 e. The number of aliphatic hydroxyl groups is 1. The third-order valence-electron chi connectivity index (χ3n) is 7.69. The monoisotopic (exact) mass is 611 g/mol. The average molecular weight is 612 g/mol. The number of para-hydroxylation sites is 1. The van der Waals surface area contributed by atoms with E-state index >= 15 is 0 Å². The molecule has 12 heteroatoms. The first-order valence-corrected chi connectivity index (χ1v) is 15.5. The fraction of sp³-hybridized carbons (Fsp3) is 0.387. The van der Waals surface area contributed by atoms with Gasteiger partial charge < -0.3 is 29.0 Å². The number of benzene rings is 3. The van der Waals surface area contributed by atoms with Crippen molar-refractivity contribution in [2.75, 3.05) is 45.4 Å². The highest BCUT2D eigenvalue weighted by atomic mass is 32.2. The lowest BCUT2D eigenvalue weighted by molar-refractivity contribution is 0.0344. The Hall–Kier alpha value is -4.00. The molecule has 0 saturated carbocycles. The van der Waals surface area contributed by atoms with Crippen LogP contribution in [0.3, 0.4) is 0 Å². The first-order chi connectivity index (χ1) is 20.6. The molecule has 3 atom stereocenters. The van der Waals surface area contributed by atoms with E-state index in [2.05, 4.69) is 9.62 Å². The van der Waals surface area contributed by atoms with Gasteiger partial charge in [0.15, 0.2) is 17.2 Å². The smallest absolute Gasteiger partial charge is 0.262 e. The number of carbonyl (C=O) groups is 1. The Kier molecular flexibility index (Phi) is 9.00. The zero-order chi connectivity index (χ0) is 30.7. The zero-order valence-electron chi connectivity index (χ0n) is 24.6. The van der Waals surface area contributed by atoms with Gasteiger partial charge in [-0.15, -0.1) is 0 Å². The number of amides is 1. The molecule has 0 bridgehead atoms. The van der Waals surface area contributed by atoms with E-state index < -0.39 is 22.2 Å². The fourth-order valence-corrected chi connectivity index (χ4v) is 6.29. The Balaban J connectivity index is 1.46. The van der Waals surface area contributed by atoms with Gasteiger partial charge in [0.1, 0.15) is 11.9 Å². The van der Waals surface area contributed by atoms with E-state index in [1.807, 2.05) is 32.2 Å². The standard InChI is InChI=1S/C31H37N3O8S/c1-20-15-34(21(2)18-35)31(36)25-6-5-7-26(32-43(37,38)24-11-9-23(39-4)10-12-24)30(25)42-29(20)17-33(3)16-22-8-13-27-28(14-22)41-19-40-27/h5-14,20-21,29,32,35H,15-19H2,1-4H3/t20-,21-,29+/m0/s1. The Bertz CT molecular complexity index is 1560. The normalized spacial score (nSPS) is 18.8. The summed E-state index contributed by atoms with van der Waals surface area (Å²) in [6.07, 6.45) is -0.425. The Morgan fingerprint density at radius 1 is 1.12 bits per heavy atom. The molecule has 2 heterocycles. The van der Waals surface area contributed by atoms with Crippen LogP contribution in [0, 0.1) is 5.92 Å². The lowest BCUT2D eigenvalue weighted by Crippen LogP contribution is -2.49. The summed E-state index contributed by atoms with van der Waals surface area (Å²) in [5.41, 5.74) is 1.39. The van der Waals surface area contributed by atoms with Gasteiger partial charge in [-0.1, -0.05) is 19.1 Å².